The molecule has 1 aromatic carbocycles. The van der Waals surface area contributed by atoms with Crippen molar-refractivity contribution in [2.24, 2.45) is 10.7 Å². The topological polar surface area (TPSA) is 75.8 Å². The largest absolute Gasteiger partial charge is 0.379 e. The first-order valence-electron chi connectivity index (χ1n) is 8.65. The van der Waals surface area contributed by atoms with Crippen LogP contribution in [0, 0.1) is 0 Å². The number of rotatable bonds is 7. The molecule has 0 atom stereocenters. The van der Waals surface area contributed by atoms with Crippen LogP contribution in [0.3, 0.4) is 0 Å². The molecular formula is C18H25N5OS. The molecule has 3 rings (SSSR count). The Morgan fingerprint density at radius 3 is 2.88 bits per heavy atom. The summed E-state index contributed by atoms with van der Waals surface area (Å²) in [6.07, 6.45) is 1.05. The van der Waals surface area contributed by atoms with E-state index in [4.69, 9.17) is 10.5 Å². The van der Waals surface area contributed by atoms with E-state index in [1.807, 2.05) is 23.6 Å². The van der Waals surface area contributed by atoms with Crippen molar-refractivity contribution in [2.45, 2.75) is 13.0 Å². The summed E-state index contributed by atoms with van der Waals surface area (Å²) in [4.78, 5) is 11.4. The molecule has 0 amide bonds. The number of thiazole rings is 1. The standard InChI is InChI=1S/C18H25N5OS/c19-18(20-7-4-8-23-9-11-24-12-10-23)21-13-16-14-25-17(22-16)15-5-2-1-3-6-15/h1-3,5-6,14H,4,7-13H2,(H3,19,20,21). The molecule has 1 aromatic heterocycles. The molecule has 2 heterocycles. The highest BCUT2D eigenvalue weighted by Gasteiger charge is 2.09. The molecule has 1 saturated heterocycles. The van der Waals surface area contributed by atoms with Crippen LogP contribution in [-0.4, -0.2) is 55.2 Å². The zero-order valence-corrected chi connectivity index (χ0v) is 15.2. The predicted octanol–water partition coefficient (Wildman–Crippen LogP) is 1.94. The molecule has 2 aromatic rings. The number of nitrogens with two attached hydrogens (primary N) is 1. The number of hydrogen-bond donors (Lipinski definition) is 2. The van der Waals surface area contributed by atoms with Crippen LogP contribution >= 0.6 is 11.3 Å². The number of hydrogen-bond acceptors (Lipinski definition) is 5. The Balaban J connectivity index is 1.38. The Labute approximate surface area is 152 Å². The van der Waals surface area contributed by atoms with E-state index in [2.05, 4.69) is 32.3 Å². The van der Waals surface area contributed by atoms with Crippen LogP contribution in [0.2, 0.25) is 0 Å². The average molecular weight is 359 g/mol. The molecule has 25 heavy (non-hydrogen) atoms. The van der Waals surface area contributed by atoms with Gasteiger partial charge < -0.3 is 15.8 Å². The predicted molar refractivity (Wildman–Crippen MR) is 103 cm³/mol. The summed E-state index contributed by atoms with van der Waals surface area (Å²) in [5, 5.41) is 6.23. The van der Waals surface area contributed by atoms with E-state index in [0.717, 1.165) is 62.1 Å². The van der Waals surface area contributed by atoms with E-state index < -0.39 is 0 Å². The lowest BCUT2D eigenvalue weighted by Gasteiger charge is -2.26. The van der Waals surface area contributed by atoms with Gasteiger partial charge in [-0.3, -0.25) is 4.90 Å². The van der Waals surface area contributed by atoms with Crippen LogP contribution in [0.25, 0.3) is 10.6 Å². The number of nitrogens with one attached hydrogen (secondary N) is 1. The Kier molecular flexibility index (Phi) is 6.79. The van der Waals surface area contributed by atoms with Gasteiger partial charge in [0.25, 0.3) is 0 Å². The van der Waals surface area contributed by atoms with Crippen LogP contribution in [0.5, 0.6) is 0 Å². The molecule has 134 valence electrons. The Morgan fingerprint density at radius 1 is 1.28 bits per heavy atom. The van der Waals surface area contributed by atoms with Gasteiger partial charge in [0, 0.05) is 30.6 Å². The molecule has 1 aliphatic heterocycles. The molecule has 7 heteroatoms. The molecule has 6 nitrogen and oxygen atoms in total. The van der Waals surface area contributed by atoms with Gasteiger partial charge in [-0.2, -0.15) is 0 Å². The second kappa shape index (κ2) is 9.50. The first-order valence-corrected chi connectivity index (χ1v) is 9.53. The summed E-state index contributed by atoms with van der Waals surface area (Å²) in [5.41, 5.74) is 8.02. The highest BCUT2D eigenvalue weighted by molar-refractivity contribution is 7.13. The first-order chi connectivity index (χ1) is 12.3. The molecule has 1 aliphatic rings. The van der Waals surface area contributed by atoms with Crippen molar-refractivity contribution in [1.82, 2.24) is 15.2 Å². The van der Waals surface area contributed by atoms with Gasteiger partial charge in [0.2, 0.25) is 0 Å². The molecular weight excluding hydrogens is 334 g/mol. The fourth-order valence-electron chi connectivity index (χ4n) is 2.66. The van der Waals surface area contributed by atoms with Crippen LogP contribution in [0.15, 0.2) is 40.7 Å². The zero-order chi connectivity index (χ0) is 17.3. The van der Waals surface area contributed by atoms with Crippen molar-refractivity contribution in [2.75, 3.05) is 39.4 Å². The van der Waals surface area contributed by atoms with Gasteiger partial charge in [-0.25, -0.2) is 9.98 Å². The molecule has 0 spiro atoms. The SMILES string of the molecule is NC(=NCc1csc(-c2ccccc2)n1)NCCCN1CCOCC1. The molecule has 0 saturated carbocycles. The number of benzene rings is 1. The molecule has 1 fully saturated rings. The van der Waals surface area contributed by atoms with Crippen LogP contribution in [0.4, 0.5) is 0 Å². The van der Waals surface area contributed by atoms with Crippen LogP contribution in [0.1, 0.15) is 12.1 Å². The van der Waals surface area contributed by atoms with Crippen molar-refractivity contribution in [1.29, 1.82) is 0 Å². The number of nitrogens with zero attached hydrogens (tertiary/aromatic N) is 3. The summed E-state index contributed by atoms with van der Waals surface area (Å²) in [7, 11) is 0. The van der Waals surface area contributed by atoms with E-state index in [1.165, 1.54) is 0 Å². The number of morpholine rings is 1. The van der Waals surface area contributed by atoms with Gasteiger partial charge in [0.15, 0.2) is 5.96 Å². The maximum absolute atomic E-state index is 5.94. The highest BCUT2D eigenvalue weighted by atomic mass is 32.1. The summed E-state index contributed by atoms with van der Waals surface area (Å²) >= 11 is 1.63. The molecule has 0 bridgehead atoms. The third-order valence-corrected chi connectivity index (χ3v) is 4.99. The third-order valence-electron chi connectivity index (χ3n) is 4.04. The maximum Gasteiger partial charge on any atom is 0.188 e. The number of guanidine groups is 1. The van der Waals surface area contributed by atoms with Gasteiger partial charge in [-0.1, -0.05) is 30.3 Å². The second-order valence-electron chi connectivity index (χ2n) is 5.95. The second-order valence-corrected chi connectivity index (χ2v) is 6.80. The minimum atomic E-state index is 0.483. The van der Waals surface area contributed by atoms with Gasteiger partial charge in [-0.05, 0) is 13.0 Å². The van der Waals surface area contributed by atoms with Gasteiger partial charge >= 0.3 is 0 Å². The lowest BCUT2D eigenvalue weighted by Crippen LogP contribution is -2.39. The van der Waals surface area contributed by atoms with E-state index in [1.54, 1.807) is 11.3 Å². The normalized spacial score (nSPS) is 16.1. The zero-order valence-electron chi connectivity index (χ0n) is 14.4. The van der Waals surface area contributed by atoms with Crippen molar-refractivity contribution in [3.63, 3.8) is 0 Å². The summed E-state index contributed by atoms with van der Waals surface area (Å²) < 4.78 is 5.35. The lowest BCUT2D eigenvalue weighted by molar-refractivity contribution is 0.0376. The van der Waals surface area contributed by atoms with Gasteiger partial charge in [0.1, 0.15) is 5.01 Å². The summed E-state index contributed by atoms with van der Waals surface area (Å²) in [6.45, 7) is 6.14. The first kappa shape index (κ1) is 17.8. The lowest BCUT2D eigenvalue weighted by atomic mass is 10.2. The van der Waals surface area contributed by atoms with Gasteiger partial charge in [-0.15, -0.1) is 11.3 Å². The van der Waals surface area contributed by atoms with E-state index in [9.17, 15) is 0 Å². The summed E-state index contributed by atoms with van der Waals surface area (Å²) in [6, 6.07) is 10.2. The molecule has 0 unspecified atom stereocenters. The molecule has 3 N–H and O–H groups in total. The van der Waals surface area contributed by atoms with Crippen molar-refractivity contribution >= 4 is 17.3 Å². The van der Waals surface area contributed by atoms with Crippen molar-refractivity contribution < 1.29 is 4.74 Å². The fraction of sp³-hybridized carbons (Fsp3) is 0.444. The van der Waals surface area contributed by atoms with E-state index >= 15 is 0 Å². The fourth-order valence-corrected chi connectivity index (χ4v) is 3.48. The van der Waals surface area contributed by atoms with Crippen LogP contribution < -0.4 is 11.1 Å². The maximum atomic E-state index is 5.94. The monoisotopic (exact) mass is 359 g/mol. The Hall–Kier alpha value is -1.96. The highest BCUT2D eigenvalue weighted by Crippen LogP contribution is 2.23. The third kappa shape index (κ3) is 5.81. The van der Waals surface area contributed by atoms with Crippen molar-refractivity contribution in [3.05, 3.63) is 41.4 Å². The molecule has 0 radical (unpaired) electrons. The van der Waals surface area contributed by atoms with Gasteiger partial charge in [0.05, 0.1) is 25.5 Å². The minimum Gasteiger partial charge on any atom is -0.379 e. The number of ether oxygens (including phenoxy) is 1. The quantitative estimate of drug-likeness (QED) is 0.449. The Morgan fingerprint density at radius 2 is 2.08 bits per heavy atom. The number of aliphatic imine (C=N–C) groups is 1. The van der Waals surface area contributed by atoms with E-state index in [0.29, 0.717) is 12.5 Å². The smallest absolute Gasteiger partial charge is 0.188 e. The van der Waals surface area contributed by atoms with Crippen LogP contribution in [-0.2, 0) is 11.3 Å². The number of aromatic nitrogens is 1. The average Bonchev–Trinajstić information content (AvgIpc) is 3.14. The Bertz CT molecular complexity index is 667. The minimum absolute atomic E-state index is 0.483. The van der Waals surface area contributed by atoms with Crippen molar-refractivity contribution in [3.8, 4) is 10.6 Å². The summed E-state index contributed by atoms with van der Waals surface area (Å²) in [5.74, 6) is 0.483. The molecule has 0 aliphatic carbocycles. The van der Waals surface area contributed by atoms with E-state index in [-0.39, 0.29) is 0 Å².